The van der Waals surface area contributed by atoms with E-state index in [2.05, 4.69) is 12.2 Å². The fourth-order valence-electron chi connectivity index (χ4n) is 1.59. The van der Waals surface area contributed by atoms with Crippen LogP contribution in [0.2, 0.25) is 0 Å². The lowest BCUT2D eigenvalue weighted by molar-refractivity contribution is -0.126. The highest BCUT2D eigenvalue weighted by Crippen LogP contribution is 2.04. The molecule has 0 saturated heterocycles. The number of carbonyl (C=O) groups is 1. The predicted octanol–water partition coefficient (Wildman–Crippen LogP) is 1.29. The third kappa shape index (κ3) is 5.46. The highest BCUT2D eigenvalue weighted by Gasteiger charge is 2.24. The van der Waals surface area contributed by atoms with Crippen LogP contribution >= 0.6 is 12.2 Å². The molecule has 0 aromatic carbocycles. The highest BCUT2D eigenvalue weighted by atomic mass is 32.1. The largest absolute Gasteiger partial charge is 0.392 e. The number of hydrogen-bond donors (Lipinski definition) is 2. The molecule has 0 radical (unpaired) electrons. The van der Waals surface area contributed by atoms with Crippen LogP contribution in [-0.2, 0) is 4.79 Å². The maximum Gasteiger partial charge on any atom is 0.237 e. The smallest absolute Gasteiger partial charge is 0.237 e. The van der Waals surface area contributed by atoms with Crippen molar-refractivity contribution in [1.82, 2.24) is 10.2 Å². The Kier molecular flexibility index (Phi) is 7.30. The summed E-state index contributed by atoms with van der Waals surface area (Å²) in [7, 11) is 1.86. The van der Waals surface area contributed by atoms with Gasteiger partial charge in [-0.05, 0) is 34.2 Å². The molecule has 0 rings (SSSR count). The SMILES string of the molecule is CCCC(C)NC(=O)C(C)N(C)C(C)C(N)=S. The number of rotatable bonds is 7. The number of nitrogens with two attached hydrogens (primary N) is 1. The van der Waals surface area contributed by atoms with E-state index in [1.54, 1.807) is 0 Å². The van der Waals surface area contributed by atoms with Gasteiger partial charge in [0.1, 0.15) is 0 Å². The Morgan fingerprint density at radius 2 is 1.88 bits per heavy atom. The van der Waals surface area contributed by atoms with Gasteiger partial charge in [-0.15, -0.1) is 0 Å². The zero-order valence-electron chi connectivity index (χ0n) is 11.5. The standard InChI is InChI=1S/C12H25N3OS/c1-6-7-8(2)14-12(16)10(4)15(5)9(3)11(13)17/h8-10H,6-7H2,1-5H3,(H2,13,17)(H,14,16). The van der Waals surface area contributed by atoms with Crippen molar-refractivity contribution >= 4 is 23.1 Å². The molecule has 0 bridgehead atoms. The molecule has 1 amide bonds. The lowest BCUT2D eigenvalue weighted by Gasteiger charge is -2.30. The molecule has 5 heteroatoms. The normalized spacial score (nSPS) is 16.4. The summed E-state index contributed by atoms with van der Waals surface area (Å²) in [6, 6.07) is -0.0958. The topological polar surface area (TPSA) is 58.4 Å². The first-order chi connectivity index (χ1) is 7.81. The molecule has 0 fully saturated rings. The van der Waals surface area contributed by atoms with E-state index >= 15 is 0 Å². The molecule has 0 aliphatic rings. The van der Waals surface area contributed by atoms with Crippen LogP contribution in [0, 0.1) is 0 Å². The Labute approximate surface area is 110 Å². The second-order valence-electron chi connectivity index (χ2n) is 4.62. The summed E-state index contributed by atoms with van der Waals surface area (Å²) < 4.78 is 0. The number of hydrogen-bond acceptors (Lipinski definition) is 3. The van der Waals surface area contributed by atoms with E-state index < -0.39 is 0 Å². The summed E-state index contributed by atoms with van der Waals surface area (Å²) in [6.07, 6.45) is 2.06. The van der Waals surface area contributed by atoms with Crippen molar-refractivity contribution in [3.05, 3.63) is 0 Å². The molecule has 0 aliphatic heterocycles. The van der Waals surface area contributed by atoms with Crippen LogP contribution in [0.1, 0.15) is 40.5 Å². The molecular weight excluding hydrogens is 234 g/mol. The number of likely N-dealkylation sites (N-methyl/N-ethyl adjacent to an activating group) is 1. The number of nitrogens with zero attached hydrogens (tertiary/aromatic N) is 1. The molecule has 0 aliphatic carbocycles. The summed E-state index contributed by atoms with van der Waals surface area (Å²) >= 11 is 4.93. The second kappa shape index (κ2) is 7.61. The minimum absolute atomic E-state index is 0.0246. The summed E-state index contributed by atoms with van der Waals surface area (Å²) in [5, 5.41) is 2.99. The van der Waals surface area contributed by atoms with Crippen molar-refractivity contribution in [2.45, 2.75) is 58.7 Å². The molecule has 0 heterocycles. The van der Waals surface area contributed by atoms with Gasteiger partial charge in [0.05, 0.1) is 17.1 Å². The lowest BCUT2D eigenvalue weighted by Crippen LogP contribution is -2.51. The molecule has 3 N–H and O–H groups in total. The average molecular weight is 259 g/mol. The van der Waals surface area contributed by atoms with Crippen LogP contribution in [0.25, 0.3) is 0 Å². The second-order valence-corrected chi connectivity index (χ2v) is 5.09. The molecule has 3 unspecified atom stereocenters. The van der Waals surface area contributed by atoms with Gasteiger partial charge >= 0.3 is 0 Å². The van der Waals surface area contributed by atoms with Gasteiger partial charge in [0.2, 0.25) is 5.91 Å². The van der Waals surface area contributed by atoms with Gasteiger partial charge in [-0.25, -0.2) is 0 Å². The Bertz CT molecular complexity index is 270. The Morgan fingerprint density at radius 3 is 2.29 bits per heavy atom. The van der Waals surface area contributed by atoms with Gasteiger partial charge < -0.3 is 11.1 Å². The van der Waals surface area contributed by atoms with Crippen LogP contribution in [0.3, 0.4) is 0 Å². The van der Waals surface area contributed by atoms with Crippen molar-refractivity contribution in [2.24, 2.45) is 5.73 Å². The van der Waals surface area contributed by atoms with Gasteiger partial charge in [-0.2, -0.15) is 0 Å². The third-order valence-corrected chi connectivity index (χ3v) is 3.46. The van der Waals surface area contributed by atoms with Crippen LogP contribution in [-0.4, -0.2) is 41.0 Å². The number of thiocarbonyl (C=S) groups is 1. The van der Waals surface area contributed by atoms with E-state index in [1.807, 2.05) is 32.7 Å². The van der Waals surface area contributed by atoms with Gasteiger partial charge in [0.15, 0.2) is 0 Å². The number of carbonyl (C=O) groups excluding carboxylic acids is 1. The molecule has 100 valence electrons. The van der Waals surface area contributed by atoms with Crippen molar-refractivity contribution in [2.75, 3.05) is 7.05 Å². The van der Waals surface area contributed by atoms with E-state index in [4.69, 9.17) is 18.0 Å². The zero-order valence-corrected chi connectivity index (χ0v) is 12.3. The highest BCUT2D eigenvalue weighted by molar-refractivity contribution is 7.80. The molecule has 3 atom stereocenters. The molecule has 4 nitrogen and oxygen atoms in total. The molecular formula is C12H25N3OS. The molecule has 0 aromatic rings. The van der Waals surface area contributed by atoms with E-state index in [9.17, 15) is 4.79 Å². The Balaban J connectivity index is 4.34. The summed E-state index contributed by atoms with van der Waals surface area (Å²) in [5.74, 6) is 0.0246. The maximum absolute atomic E-state index is 12.0. The molecule has 0 aromatic heterocycles. The van der Waals surface area contributed by atoms with E-state index in [1.165, 1.54) is 0 Å². The maximum atomic E-state index is 12.0. The Hall–Kier alpha value is -0.680. The minimum Gasteiger partial charge on any atom is -0.392 e. The van der Waals surface area contributed by atoms with Gasteiger partial charge in [-0.1, -0.05) is 25.6 Å². The predicted molar refractivity (Wildman–Crippen MR) is 76.0 cm³/mol. The summed E-state index contributed by atoms with van der Waals surface area (Å²) in [4.78, 5) is 14.3. The Morgan fingerprint density at radius 1 is 1.35 bits per heavy atom. The monoisotopic (exact) mass is 259 g/mol. The lowest BCUT2D eigenvalue weighted by atomic mass is 10.1. The number of amides is 1. The van der Waals surface area contributed by atoms with E-state index in [0.717, 1.165) is 12.8 Å². The third-order valence-electron chi connectivity index (χ3n) is 3.12. The average Bonchev–Trinajstić information content (AvgIpc) is 2.25. The van der Waals surface area contributed by atoms with E-state index in [-0.39, 0.29) is 24.0 Å². The molecule has 0 saturated carbocycles. The van der Waals surface area contributed by atoms with Crippen molar-refractivity contribution in [3.8, 4) is 0 Å². The molecule has 0 spiro atoms. The first-order valence-corrected chi connectivity index (χ1v) is 6.53. The summed E-state index contributed by atoms with van der Waals surface area (Å²) in [6.45, 7) is 7.89. The van der Waals surface area contributed by atoms with Crippen molar-refractivity contribution in [3.63, 3.8) is 0 Å². The van der Waals surface area contributed by atoms with E-state index in [0.29, 0.717) is 4.99 Å². The zero-order chi connectivity index (χ0) is 13.6. The van der Waals surface area contributed by atoms with Crippen molar-refractivity contribution in [1.29, 1.82) is 0 Å². The number of nitrogens with one attached hydrogen (secondary N) is 1. The van der Waals surface area contributed by atoms with Crippen LogP contribution < -0.4 is 11.1 Å². The fraction of sp³-hybridized carbons (Fsp3) is 0.833. The van der Waals surface area contributed by atoms with Crippen molar-refractivity contribution < 1.29 is 4.79 Å². The van der Waals surface area contributed by atoms with Gasteiger partial charge in [0.25, 0.3) is 0 Å². The van der Waals surface area contributed by atoms with Crippen LogP contribution in [0.15, 0.2) is 0 Å². The first kappa shape index (κ1) is 16.3. The van der Waals surface area contributed by atoms with Crippen LogP contribution in [0.4, 0.5) is 0 Å². The minimum atomic E-state index is -0.231. The van der Waals surface area contributed by atoms with Crippen LogP contribution in [0.5, 0.6) is 0 Å². The summed E-state index contributed by atoms with van der Waals surface area (Å²) in [5.41, 5.74) is 5.58. The quantitative estimate of drug-likeness (QED) is 0.676. The van der Waals surface area contributed by atoms with Gasteiger partial charge in [0, 0.05) is 6.04 Å². The fourth-order valence-corrected chi connectivity index (χ4v) is 1.76. The first-order valence-electron chi connectivity index (χ1n) is 6.12. The molecule has 17 heavy (non-hydrogen) atoms. The van der Waals surface area contributed by atoms with Gasteiger partial charge in [-0.3, -0.25) is 9.69 Å².